The van der Waals surface area contributed by atoms with E-state index in [4.69, 9.17) is 5.73 Å². The Bertz CT molecular complexity index is 322. The molecule has 0 aromatic heterocycles. The van der Waals surface area contributed by atoms with Gasteiger partial charge in [-0.3, -0.25) is 4.79 Å². The fourth-order valence-electron chi connectivity index (χ4n) is 3.72. The fraction of sp³-hybridized carbons (Fsp3) is 0.929. The van der Waals surface area contributed by atoms with Crippen molar-refractivity contribution in [3.05, 3.63) is 0 Å². The van der Waals surface area contributed by atoms with E-state index in [1.165, 1.54) is 6.42 Å². The van der Waals surface area contributed by atoms with Gasteiger partial charge in [0.05, 0.1) is 0 Å². The number of carbonyl (C=O) groups excluding carboxylic acids is 1. The number of fused-ring (bicyclic) bond motifs is 1. The largest absolute Gasteiger partial charge is 0.342 e. The zero-order valence-corrected chi connectivity index (χ0v) is 11.6. The molecule has 2 rings (SSSR count). The van der Waals surface area contributed by atoms with Crippen LogP contribution in [0.25, 0.3) is 0 Å². The summed E-state index contributed by atoms with van der Waals surface area (Å²) in [6, 6.07) is 0.355. The molecule has 17 heavy (non-hydrogen) atoms. The van der Waals surface area contributed by atoms with Crippen molar-refractivity contribution in [2.24, 2.45) is 17.1 Å². The molecule has 3 nitrogen and oxygen atoms in total. The summed E-state index contributed by atoms with van der Waals surface area (Å²) in [5, 5.41) is 0. The minimum Gasteiger partial charge on any atom is -0.342 e. The Morgan fingerprint density at radius 1 is 1.29 bits per heavy atom. The molecule has 1 saturated carbocycles. The fourth-order valence-corrected chi connectivity index (χ4v) is 3.72. The average Bonchev–Trinajstić information content (AvgIpc) is 2.31. The highest BCUT2D eigenvalue weighted by molar-refractivity contribution is 5.77. The first-order valence-electron chi connectivity index (χ1n) is 6.82. The van der Waals surface area contributed by atoms with Gasteiger partial charge in [0.25, 0.3) is 0 Å². The molecule has 0 aromatic rings. The molecule has 2 aliphatic rings. The van der Waals surface area contributed by atoms with E-state index < -0.39 is 0 Å². The van der Waals surface area contributed by atoms with Crippen molar-refractivity contribution in [3.8, 4) is 0 Å². The molecule has 1 aliphatic heterocycles. The van der Waals surface area contributed by atoms with Crippen LogP contribution in [0.5, 0.6) is 0 Å². The zero-order chi connectivity index (χ0) is 12.8. The molecule has 0 radical (unpaired) electrons. The maximum absolute atomic E-state index is 11.8. The predicted molar refractivity (Wildman–Crippen MR) is 69.5 cm³/mol. The highest BCUT2D eigenvalue weighted by Gasteiger charge is 2.51. The predicted octanol–water partition coefficient (Wildman–Crippen LogP) is 2.15. The third kappa shape index (κ3) is 1.88. The maximum Gasteiger partial charge on any atom is 0.222 e. The quantitative estimate of drug-likeness (QED) is 0.703. The summed E-state index contributed by atoms with van der Waals surface area (Å²) in [4.78, 5) is 13.8. The molecule has 0 aromatic carbocycles. The summed E-state index contributed by atoms with van der Waals surface area (Å²) in [5.41, 5.74) is 6.66. The van der Waals surface area contributed by atoms with E-state index in [-0.39, 0.29) is 11.0 Å². The van der Waals surface area contributed by atoms with Crippen molar-refractivity contribution in [2.45, 2.75) is 64.5 Å². The minimum atomic E-state index is -0.177. The Morgan fingerprint density at radius 3 is 2.59 bits per heavy atom. The number of nitrogens with zero attached hydrogens (tertiary/aromatic N) is 1. The number of piperidine rings is 1. The SMILES string of the molecule is CN1C(=O)CCC2C1CCCC(C)(C)C2(C)N. The standard InChI is InChI=1S/C14H26N2O/c1-13(2)9-5-6-11-10(14(13,3)15)7-8-12(17)16(11)4/h10-11H,5-9,15H2,1-4H3. The monoisotopic (exact) mass is 238 g/mol. The summed E-state index contributed by atoms with van der Waals surface area (Å²) >= 11 is 0. The number of carbonyl (C=O) groups is 1. The van der Waals surface area contributed by atoms with Crippen molar-refractivity contribution >= 4 is 5.91 Å². The van der Waals surface area contributed by atoms with Crippen molar-refractivity contribution < 1.29 is 4.79 Å². The van der Waals surface area contributed by atoms with Gasteiger partial charge in [0.1, 0.15) is 0 Å². The highest BCUT2D eigenvalue weighted by Crippen LogP contribution is 2.47. The molecular formula is C14H26N2O. The lowest BCUT2D eigenvalue weighted by atomic mass is 9.63. The lowest BCUT2D eigenvalue weighted by Gasteiger charge is -2.50. The summed E-state index contributed by atoms with van der Waals surface area (Å²) in [6.45, 7) is 6.76. The number of likely N-dealkylation sites (tertiary alicyclic amines) is 1. The number of hydrogen-bond donors (Lipinski definition) is 1. The molecule has 0 bridgehead atoms. The van der Waals surface area contributed by atoms with Crippen LogP contribution in [0.15, 0.2) is 0 Å². The van der Waals surface area contributed by atoms with E-state index in [1.54, 1.807) is 0 Å². The first-order valence-corrected chi connectivity index (χ1v) is 6.82. The maximum atomic E-state index is 11.8. The minimum absolute atomic E-state index is 0.160. The molecular weight excluding hydrogens is 212 g/mol. The molecule has 2 fully saturated rings. The van der Waals surface area contributed by atoms with Gasteiger partial charge in [-0.1, -0.05) is 20.3 Å². The topological polar surface area (TPSA) is 46.3 Å². The molecule has 3 heteroatoms. The molecule has 1 amide bonds. The van der Waals surface area contributed by atoms with E-state index in [0.717, 1.165) is 19.3 Å². The average molecular weight is 238 g/mol. The summed E-state index contributed by atoms with van der Waals surface area (Å²) in [5.74, 6) is 0.740. The molecule has 3 atom stereocenters. The van der Waals surface area contributed by atoms with E-state index in [2.05, 4.69) is 20.8 Å². The first-order chi connectivity index (χ1) is 7.77. The zero-order valence-electron chi connectivity index (χ0n) is 11.6. The van der Waals surface area contributed by atoms with Crippen molar-refractivity contribution in [2.75, 3.05) is 7.05 Å². The van der Waals surface area contributed by atoms with Gasteiger partial charge in [-0.25, -0.2) is 0 Å². The van der Waals surface area contributed by atoms with Crippen LogP contribution in [-0.2, 0) is 4.79 Å². The van der Waals surface area contributed by atoms with E-state index in [9.17, 15) is 4.79 Å². The molecule has 1 saturated heterocycles. The molecule has 0 spiro atoms. The van der Waals surface area contributed by atoms with Gasteiger partial charge in [-0.05, 0) is 37.5 Å². The van der Waals surface area contributed by atoms with Gasteiger partial charge in [-0.15, -0.1) is 0 Å². The lowest BCUT2D eigenvalue weighted by molar-refractivity contribution is -0.138. The van der Waals surface area contributed by atoms with Gasteiger partial charge in [-0.2, -0.15) is 0 Å². The van der Waals surface area contributed by atoms with Crippen LogP contribution in [0.4, 0.5) is 0 Å². The van der Waals surface area contributed by atoms with Gasteiger partial charge in [0.15, 0.2) is 0 Å². The Morgan fingerprint density at radius 2 is 1.94 bits per heavy atom. The Kier molecular flexibility index (Phi) is 3.01. The van der Waals surface area contributed by atoms with Gasteiger partial charge < -0.3 is 10.6 Å². The third-order valence-electron chi connectivity index (χ3n) is 5.55. The van der Waals surface area contributed by atoms with Gasteiger partial charge >= 0.3 is 0 Å². The number of rotatable bonds is 0. The molecule has 98 valence electrons. The van der Waals surface area contributed by atoms with Crippen molar-refractivity contribution in [1.29, 1.82) is 0 Å². The molecule has 2 N–H and O–H groups in total. The summed E-state index contributed by atoms with van der Waals surface area (Å²) < 4.78 is 0. The lowest BCUT2D eigenvalue weighted by Crippen LogP contribution is -2.62. The van der Waals surface area contributed by atoms with Crippen molar-refractivity contribution in [1.82, 2.24) is 4.90 Å². The second-order valence-electron chi connectivity index (χ2n) is 6.78. The smallest absolute Gasteiger partial charge is 0.222 e. The van der Waals surface area contributed by atoms with Crippen LogP contribution < -0.4 is 5.73 Å². The number of nitrogens with two attached hydrogens (primary N) is 1. The molecule has 1 heterocycles. The molecule has 3 unspecified atom stereocenters. The highest BCUT2D eigenvalue weighted by atomic mass is 16.2. The van der Waals surface area contributed by atoms with Crippen molar-refractivity contribution in [3.63, 3.8) is 0 Å². The van der Waals surface area contributed by atoms with Crippen LogP contribution in [0, 0.1) is 11.3 Å². The second kappa shape index (κ2) is 3.98. The third-order valence-corrected chi connectivity index (χ3v) is 5.55. The normalized spacial score (nSPS) is 41.9. The first kappa shape index (κ1) is 12.9. The Hall–Kier alpha value is -0.570. The summed E-state index contributed by atoms with van der Waals surface area (Å²) in [6.07, 6.45) is 5.08. The number of hydrogen-bond acceptors (Lipinski definition) is 2. The Labute approximate surface area is 105 Å². The summed E-state index contributed by atoms with van der Waals surface area (Å²) in [7, 11) is 1.95. The van der Waals surface area contributed by atoms with E-state index in [1.807, 2.05) is 11.9 Å². The van der Waals surface area contributed by atoms with Gasteiger partial charge in [0, 0.05) is 25.0 Å². The molecule has 1 aliphatic carbocycles. The van der Waals surface area contributed by atoms with Crippen LogP contribution in [0.3, 0.4) is 0 Å². The van der Waals surface area contributed by atoms with E-state index >= 15 is 0 Å². The van der Waals surface area contributed by atoms with Crippen LogP contribution in [-0.4, -0.2) is 29.4 Å². The van der Waals surface area contributed by atoms with E-state index in [0.29, 0.717) is 24.3 Å². The van der Waals surface area contributed by atoms with Crippen LogP contribution in [0.2, 0.25) is 0 Å². The van der Waals surface area contributed by atoms with Crippen LogP contribution in [0.1, 0.15) is 52.9 Å². The number of amides is 1. The Balaban J connectivity index is 2.34. The van der Waals surface area contributed by atoms with Gasteiger partial charge in [0.2, 0.25) is 5.91 Å². The second-order valence-corrected chi connectivity index (χ2v) is 6.78. The van der Waals surface area contributed by atoms with Crippen LogP contribution >= 0.6 is 0 Å².